The molecule has 2 aromatic heterocycles. The third-order valence-electron chi connectivity index (χ3n) is 5.38. The van der Waals surface area contributed by atoms with Crippen LogP contribution in [-0.4, -0.2) is 36.1 Å². The van der Waals surface area contributed by atoms with Crippen LogP contribution < -0.4 is 4.72 Å². The van der Waals surface area contributed by atoms with Crippen molar-refractivity contribution in [2.75, 3.05) is 10.5 Å². The van der Waals surface area contributed by atoms with Crippen LogP contribution in [0.15, 0.2) is 54.9 Å². The molecule has 0 saturated carbocycles. The van der Waals surface area contributed by atoms with E-state index < -0.39 is 50.6 Å². The molecular formula is C24H19ClF3N3O3S. The Hall–Kier alpha value is -3.37. The van der Waals surface area contributed by atoms with Crippen LogP contribution in [0.25, 0.3) is 22.2 Å². The topological polar surface area (TPSA) is 91.9 Å². The van der Waals surface area contributed by atoms with E-state index in [1.165, 1.54) is 13.1 Å². The lowest BCUT2D eigenvalue weighted by Gasteiger charge is -2.13. The van der Waals surface area contributed by atoms with E-state index in [0.29, 0.717) is 21.6 Å². The van der Waals surface area contributed by atoms with Gasteiger partial charge in [0.25, 0.3) is 0 Å². The Kier molecular flexibility index (Phi) is 6.86. The molecule has 0 spiro atoms. The van der Waals surface area contributed by atoms with Crippen molar-refractivity contribution in [1.29, 1.82) is 0 Å². The summed E-state index contributed by atoms with van der Waals surface area (Å²) in [6.07, 6.45) is 1.13. The Labute approximate surface area is 204 Å². The zero-order valence-electron chi connectivity index (χ0n) is 18.3. The molecule has 35 heavy (non-hydrogen) atoms. The number of carbonyl (C=O) groups excluding carboxylic acids is 1. The number of hydrogen-bond acceptors (Lipinski definition) is 4. The SMILES string of the molecule is CCC(F)CS(=O)(=O)Nc1ccc(F)c(C(=O)c2c[nH]c3ncc(-c4ccc(Cl)cc4)cc23)c1F. The maximum atomic E-state index is 15.2. The molecule has 4 rings (SSSR count). The van der Waals surface area contributed by atoms with Crippen molar-refractivity contribution < 1.29 is 26.4 Å². The van der Waals surface area contributed by atoms with Crippen LogP contribution in [-0.2, 0) is 10.0 Å². The summed E-state index contributed by atoms with van der Waals surface area (Å²) >= 11 is 5.93. The zero-order valence-corrected chi connectivity index (χ0v) is 19.9. The quantitative estimate of drug-likeness (QED) is 0.283. The fourth-order valence-corrected chi connectivity index (χ4v) is 4.94. The maximum Gasteiger partial charge on any atom is 0.235 e. The van der Waals surface area contributed by atoms with E-state index in [1.807, 2.05) is 4.72 Å². The number of hydrogen-bond donors (Lipinski definition) is 2. The van der Waals surface area contributed by atoms with E-state index in [0.717, 1.165) is 17.7 Å². The maximum absolute atomic E-state index is 15.2. The third-order valence-corrected chi connectivity index (χ3v) is 6.96. The Morgan fingerprint density at radius 1 is 1.14 bits per heavy atom. The summed E-state index contributed by atoms with van der Waals surface area (Å²) in [5.41, 5.74) is 0.0544. The van der Waals surface area contributed by atoms with Crippen LogP contribution in [0.2, 0.25) is 5.02 Å². The number of H-pyrrole nitrogens is 1. The van der Waals surface area contributed by atoms with Crippen molar-refractivity contribution in [3.05, 3.63) is 82.6 Å². The number of aromatic amines is 1. The molecule has 2 aromatic carbocycles. The summed E-state index contributed by atoms with van der Waals surface area (Å²) in [6, 6.07) is 10.1. The fraction of sp³-hybridized carbons (Fsp3) is 0.167. The van der Waals surface area contributed by atoms with E-state index in [-0.39, 0.29) is 12.0 Å². The van der Waals surface area contributed by atoms with Crippen LogP contribution in [0, 0.1) is 11.6 Å². The third kappa shape index (κ3) is 5.18. The molecule has 1 atom stereocenters. The molecule has 0 bridgehead atoms. The van der Waals surface area contributed by atoms with E-state index in [9.17, 15) is 22.0 Å². The Morgan fingerprint density at radius 2 is 1.86 bits per heavy atom. The molecule has 2 N–H and O–H groups in total. The summed E-state index contributed by atoms with van der Waals surface area (Å²) in [7, 11) is -4.28. The molecule has 1 unspecified atom stereocenters. The number of fused-ring (bicyclic) bond motifs is 1. The Balaban J connectivity index is 1.74. The molecule has 0 saturated heterocycles. The van der Waals surface area contributed by atoms with E-state index in [2.05, 4.69) is 9.97 Å². The van der Waals surface area contributed by atoms with Crippen LogP contribution in [0.4, 0.5) is 18.9 Å². The first-order valence-electron chi connectivity index (χ1n) is 10.5. The lowest BCUT2D eigenvalue weighted by Crippen LogP contribution is -2.24. The molecule has 182 valence electrons. The monoisotopic (exact) mass is 521 g/mol. The van der Waals surface area contributed by atoms with Gasteiger partial charge in [0, 0.05) is 33.9 Å². The molecule has 0 radical (unpaired) electrons. The highest BCUT2D eigenvalue weighted by atomic mass is 35.5. The predicted molar refractivity (Wildman–Crippen MR) is 129 cm³/mol. The number of alkyl halides is 1. The molecule has 4 aromatic rings. The first-order valence-corrected chi connectivity index (χ1v) is 12.5. The molecule has 0 aliphatic heterocycles. The molecule has 2 heterocycles. The van der Waals surface area contributed by atoms with Gasteiger partial charge in [-0.3, -0.25) is 9.52 Å². The first kappa shape index (κ1) is 24.7. The highest BCUT2D eigenvalue weighted by Crippen LogP contribution is 2.30. The molecule has 0 fully saturated rings. The van der Waals surface area contributed by atoms with Gasteiger partial charge in [0.05, 0.1) is 11.3 Å². The summed E-state index contributed by atoms with van der Waals surface area (Å²) in [5.74, 6) is -4.49. The molecular weight excluding hydrogens is 503 g/mol. The van der Waals surface area contributed by atoms with E-state index >= 15 is 4.39 Å². The number of rotatable bonds is 8. The van der Waals surface area contributed by atoms with Gasteiger partial charge in [-0.2, -0.15) is 0 Å². The van der Waals surface area contributed by atoms with Gasteiger partial charge in [0.1, 0.15) is 23.4 Å². The first-order chi connectivity index (χ1) is 16.6. The number of benzene rings is 2. The smallest absolute Gasteiger partial charge is 0.235 e. The van der Waals surface area contributed by atoms with E-state index in [4.69, 9.17) is 11.6 Å². The van der Waals surface area contributed by atoms with E-state index in [1.54, 1.807) is 36.5 Å². The Bertz CT molecular complexity index is 1520. The summed E-state index contributed by atoms with van der Waals surface area (Å²) < 4.78 is 69.6. The van der Waals surface area contributed by atoms with Crippen molar-refractivity contribution >= 4 is 44.1 Å². The largest absolute Gasteiger partial charge is 0.345 e. The number of nitrogens with one attached hydrogen (secondary N) is 2. The van der Waals surface area contributed by atoms with Crippen molar-refractivity contribution in [3.63, 3.8) is 0 Å². The molecule has 11 heteroatoms. The van der Waals surface area contributed by atoms with Crippen LogP contribution in [0.3, 0.4) is 0 Å². The second-order valence-electron chi connectivity index (χ2n) is 7.83. The van der Waals surface area contributed by atoms with Gasteiger partial charge in [0.15, 0.2) is 5.82 Å². The molecule has 0 aliphatic rings. The summed E-state index contributed by atoms with van der Waals surface area (Å²) in [4.78, 5) is 20.3. The number of nitrogens with zero attached hydrogens (tertiary/aromatic N) is 1. The van der Waals surface area contributed by atoms with Gasteiger partial charge >= 0.3 is 0 Å². The number of aromatic nitrogens is 2. The van der Waals surface area contributed by atoms with Gasteiger partial charge in [-0.1, -0.05) is 30.7 Å². The number of halogens is 4. The van der Waals surface area contributed by atoms with Crippen LogP contribution >= 0.6 is 11.6 Å². The average Bonchev–Trinajstić information content (AvgIpc) is 3.24. The predicted octanol–water partition coefficient (Wildman–Crippen LogP) is 5.88. The van der Waals surface area contributed by atoms with Gasteiger partial charge in [-0.05, 0) is 42.3 Å². The lowest BCUT2D eigenvalue weighted by molar-refractivity contribution is 0.103. The van der Waals surface area contributed by atoms with Crippen molar-refractivity contribution in [2.24, 2.45) is 0 Å². The van der Waals surface area contributed by atoms with Gasteiger partial charge in [-0.25, -0.2) is 26.6 Å². The second-order valence-corrected chi connectivity index (χ2v) is 10.0. The summed E-state index contributed by atoms with van der Waals surface area (Å²) in [6.45, 7) is 1.46. The minimum Gasteiger partial charge on any atom is -0.345 e. The molecule has 0 amide bonds. The average molecular weight is 522 g/mol. The second kappa shape index (κ2) is 9.71. The highest BCUT2D eigenvalue weighted by molar-refractivity contribution is 7.92. The standard InChI is InChI=1S/C24H19ClF3N3O3S/c1-2-16(26)12-35(33,34)31-20-8-7-19(27)21(22(20)28)23(32)18-11-30-24-17(18)9-14(10-29-24)13-3-5-15(25)6-4-13/h3-11,16,31H,2,12H2,1H3,(H,29,30). The highest BCUT2D eigenvalue weighted by Gasteiger charge is 2.27. The fourth-order valence-electron chi connectivity index (χ4n) is 3.53. The minimum atomic E-state index is -4.28. The van der Waals surface area contributed by atoms with Crippen molar-refractivity contribution in [2.45, 2.75) is 19.5 Å². The van der Waals surface area contributed by atoms with Crippen molar-refractivity contribution in [1.82, 2.24) is 9.97 Å². The van der Waals surface area contributed by atoms with Gasteiger partial charge < -0.3 is 4.98 Å². The molecule has 6 nitrogen and oxygen atoms in total. The van der Waals surface area contributed by atoms with Gasteiger partial charge in [-0.15, -0.1) is 0 Å². The Morgan fingerprint density at radius 3 is 2.54 bits per heavy atom. The van der Waals surface area contributed by atoms with Gasteiger partial charge in [0.2, 0.25) is 15.8 Å². The zero-order chi connectivity index (χ0) is 25.3. The molecule has 0 aliphatic carbocycles. The number of anilines is 1. The number of ketones is 1. The number of sulfonamides is 1. The normalized spacial score (nSPS) is 12.6. The minimum absolute atomic E-state index is 0.0524. The number of carbonyl (C=O) groups is 1. The summed E-state index contributed by atoms with van der Waals surface area (Å²) in [5, 5.41) is 0.855. The van der Waals surface area contributed by atoms with Crippen LogP contribution in [0.1, 0.15) is 29.3 Å². The lowest BCUT2D eigenvalue weighted by atomic mass is 10.00. The number of pyridine rings is 1. The van der Waals surface area contributed by atoms with Crippen LogP contribution in [0.5, 0.6) is 0 Å². The van der Waals surface area contributed by atoms with Crippen molar-refractivity contribution in [3.8, 4) is 11.1 Å².